The molecule has 10 nitrogen and oxygen atoms in total. The van der Waals surface area contributed by atoms with Crippen LogP contribution in [0.5, 0.6) is 0 Å². The van der Waals surface area contributed by atoms with Gasteiger partial charge in [-0.15, -0.1) is 11.3 Å². The molecule has 23 heavy (non-hydrogen) atoms. The molecule has 0 atom stereocenters. The predicted molar refractivity (Wildman–Crippen MR) is 82.8 cm³/mol. The largest absolute Gasteiger partial charge is 0.476 e. The minimum Gasteiger partial charge on any atom is -0.476 e. The van der Waals surface area contributed by atoms with Crippen molar-refractivity contribution < 1.29 is 33.1 Å². The highest BCUT2D eigenvalue weighted by Gasteiger charge is 2.25. The number of carboxylic acid groups (broad SMARTS) is 1. The van der Waals surface area contributed by atoms with E-state index in [4.69, 9.17) is 19.0 Å². The summed E-state index contributed by atoms with van der Waals surface area (Å²) in [6.07, 6.45) is -0.119. The predicted octanol–water partition coefficient (Wildman–Crippen LogP) is 1.74. The fraction of sp³-hybridized carbons (Fsp3) is 0.455. The standard InChI is InChI=1S/C11H16N3O7PS/c1-3-20-22(18,21-4-2)7-19-14-9(10(16)17)8-5-23-11(13-8)12-6-15/h5-6H,3-4,7H2,1-2H3,(H,16,17)(H,12,13,15). The monoisotopic (exact) mass is 365 g/mol. The summed E-state index contributed by atoms with van der Waals surface area (Å²) in [5, 5.41) is 16.4. The number of nitrogens with one attached hydrogen (secondary N) is 1. The average molecular weight is 365 g/mol. The van der Waals surface area contributed by atoms with Crippen molar-refractivity contribution in [2.45, 2.75) is 13.8 Å². The van der Waals surface area contributed by atoms with Gasteiger partial charge in [0, 0.05) is 5.38 Å². The molecule has 0 aromatic carbocycles. The van der Waals surface area contributed by atoms with Gasteiger partial charge in [0.15, 0.2) is 5.13 Å². The zero-order valence-corrected chi connectivity index (χ0v) is 14.1. The molecule has 1 aromatic heterocycles. The number of rotatable bonds is 11. The fourth-order valence-corrected chi connectivity index (χ4v) is 3.23. The second-order valence-corrected chi connectivity index (χ2v) is 6.60. The smallest absolute Gasteiger partial charge is 0.370 e. The molecule has 1 amide bonds. The van der Waals surface area contributed by atoms with E-state index in [9.17, 15) is 14.2 Å². The van der Waals surface area contributed by atoms with Crippen LogP contribution in [-0.2, 0) is 28.0 Å². The maximum atomic E-state index is 12.1. The van der Waals surface area contributed by atoms with Crippen molar-refractivity contribution in [3.8, 4) is 0 Å². The van der Waals surface area contributed by atoms with E-state index in [0.717, 1.165) is 11.3 Å². The van der Waals surface area contributed by atoms with Gasteiger partial charge in [-0.1, -0.05) is 5.16 Å². The molecule has 2 N–H and O–H groups in total. The number of nitrogens with zero attached hydrogens (tertiary/aromatic N) is 2. The van der Waals surface area contributed by atoms with Gasteiger partial charge in [-0.25, -0.2) is 9.78 Å². The summed E-state index contributed by atoms with van der Waals surface area (Å²) in [7, 11) is -3.50. The van der Waals surface area contributed by atoms with Crippen molar-refractivity contribution in [2.75, 3.05) is 24.9 Å². The minimum absolute atomic E-state index is 0.00509. The Morgan fingerprint density at radius 3 is 2.65 bits per heavy atom. The van der Waals surface area contributed by atoms with Gasteiger partial charge in [0.25, 0.3) is 0 Å². The van der Waals surface area contributed by atoms with E-state index in [1.165, 1.54) is 5.38 Å². The molecule has 0 saturated heterocycles. The van der Waals surface area contributed by atoms with Gasteiger partial charge < -0.3 is 24.3 Å². The number of carbonyl (C=O) groups is 2. The lowest BCUT2D eigenvalue weighted by Gasteiger charge is -2.15. The molecule has 128 valence electrons. The Morgan fingerprint density at radius 1 is 1.48 bits per heavy atom. The van der Waals surface area contributed by atoms with Crippen LogP contribution in [0.4, 0.5) is 5.13 Å². The first-order valence-electron chi connectivity index (χ1n) is 6.43. The van der Waals surface area contributed by atoms with Crippen LogP contribution in [-0.4, -0.2) is 47.7 Å². The summed E-state index contributed by atoms with van der Waals surface area (Å²) in [4.78, 5) is 30.2. The molecule has 0 unspecified atom stereocenters. The molecular formula is C11H16N3O7PS. The van der Waals surface area contributed by atoms with Gasteiger partial charge in [0.1, 0.15) is 5.69 Å². The van der Waals surface area contributed by atoms with Crippen LogP contribution < -0.4 is 5.32 Å². The van der Waals surface area contributed by atoms with Crippen LogP contribution in [0.15, 0.2) is 10.5 Å². The summed E-state index contributed by atoms with van der Waals surface area (Å²) in [6, 6.07) is 0. The lowest BCUT2D eigenvalue weighted by Crippen LogP contribution is -2.16. The number of carboxylic acids is 1. The number of hydrogen-bond donors (Lipinski definition) is 2. The summed E-state index contributed by atoms with van der Waals surface area (Å²) >= 11 is 1.02. The molecule has 0 radical (unpaired) electrons. The number of aliphatic carboxylic acids is 1. The third kappa shape index (κ3) is 6.06. The quantitative estimate of drug-likeness (QED) is 0.262. The van der Waals surface area contributed by atoms with Crippen LogP contribution in [0.3, 0.4) is 0 Å². The van der Waals surface area contributed by atoms with Crippen molar-refractivity contribution in [1.82, 2.24) is 4.98 Å². The van der Waals surface area contributed by atoms with Crippen LogP contribution in [0, 0.1) is 0 Å². The van der Waals surface area contributed by atoms with Crippen LogP contribution in [0.1, 0.15) is 19.5 Å². The van der Waals surface area contributed by atoms with E-state index in [2.05, 4.69) is 15.5 Å². The summed E-state index contributed by atoms with van der Waals surface area (Å²) in [5.41, 5.74) is -0.505. The highest BCUT2D eigenvalue weighted by Crippen LogP contribution is 2.47. The van der Waals surface area contributed by atoms with Gasteiger partial charge in [-0.05, 0) is 13.8 Å². The summed E-state index contributed by atoms with van der Waals surface area (Å²) in [6.45, 7) is 3.55. The Morgan fingerprint density at radius 2 is 2.13 bits per heavy atom. The maximum Gasteiger partial charge on any atom is 0.370 e. The minimum atomic E-state index is -3.50. The van der Waals surface area contributed by atoms with Crippen molar-refractivity contribution in [3.05, 3.63) is 11.1 Å². The van der Waals surface area contributed by atoms with Crippen molar-refractivity contribution >= 4 is 42.2 Å². The molecule has 1 aromatic rings. The second kappa shape index (κ2) is 9.36. The lowest BCUT2D eigenvalue weighted by atomic mass is 10.3. The molecule has 0 fully saturated rings. The first-order valence-corrected chi connectivity index (χ1v) is 9.04. The van der Waals surface area contributed by atoms with Gasteiger partial charge in [-0.2, -0.15) is 0 Å². The number of carbonyl (C=O) groups excluding carboxylic acids is 1. The van der Waals surface area contributed by atoms with Gasteiger partial charge >= 0.3 is 13.6 Å². The molecule has 0 aliphatic heterocycles. The number of oxime groups is 1. The number of anilines is 1. The number of hydrogen-bond acceptors (Lipinski definition) is 9. The summed E-state index contributed by atoms with van der Waals surface area (Å²) < 4.78 is 22.1. The number of thiazole rings is 1. The third-order valence-corrected chi connectivity index (χ3v) is 4.66. The zero-order chi connectivity index (χ0) is 17.3. The van der Waals surface area contributed by atoms with E-state index < -0.39 is 25.6 Å². The highest BCUT2D eigenvalue weighted by atomic mass is 32.1. The van der Waals surface area contributed by atoms with Gasteiger partial charge in [0.05, 0.1) is 13.2 Å². The van der Waals surface area contributed by atoms with Gasteiger partial charge in [-0.3, -0.25) is 9.36 Å². The average Bonchev–Trinajstić information content (AvgIpc) is 2.92. The third-order valence-electron chi connectivity index (χ3n) is 2.16. The SMILES string of the molecule is CCOP(=O)(CON=C(C(=O)O)c1csc(NC=O)n1)OCC. The Kier molecular flexibility index (Phi) is 7.83. The molecule has 0 saturated carbocycles. The highest BCUT2D eigenvalue weighted by molar-refractivity contribution is 7.53. The van der Waals surface area contributed by atoms with E-state index >= 15 is 0 Å². The summed E-state index contributed by atoms with van der Waals surface area (Å²) in [5.74, 6) is -1.39. The van der Waals surface area contributed by atoms with Crippen molar-refractivity contribution in [3.63, 3.8) is 0 Å². The molecule has 12 heteroatoms. The number of amides is 1. The normalized spacial score (nSPS) is 12.0. The maximum absolute atomic E-state index is 12.1. The molecule has 0 spiro atoms. The molecular weight excluding hydrogens is 349 g/mol. The topological polar surface area (TPSA) is 136 Å². The van der Waals surface area contributed by atoms with Gasteiger partial charge in [0.2, 0.25) is 18.5 Å². The van der Waals surface area contributed by atoms with E-state index in [-0.39, 0.29) is 24.0 Å². The Bertz CT molecular complexity index is 609. The van der Waals surface area contributed by atoms with E-state index in [1.807, 2.05) is 0 Å². The molecule has 0 aliphatic carbocycles. The first kappa shape index (κ1) is 19.2. The Labute approximate surface area is 136 Å². The Balaban J connectivity index is 2.84. The molecule has 0 aliphatic rings. The van der Waals surface area contributed by atoms with Crippen LogP contribution >= 0.6 is 18.9 Å². The number of aromatic nitrogens is 1. The van der Waals surface area contributed by atoms with Crippen molar-refractivity contribution in [1.29, 1.82) is 0 Å². The van der Waals surface area contributed by atoms with Crippen molar-refractivity contribution in [2.24, 2.45) is 5.16 Å². The van der Waals surface area contributed by atoms with Crippen LogP contribution in [0.25, 0.3) is 0 Å². The lowest BCUT2D eigenvalue weighted by molar-refractivity contribution is -0.129. The van der Waals surface area contributed by atoms with E-state index in [0.29, 0.717) is 6.41 Å². The molecule has 0 bridgehead atoms. The fourth-order valence-electron chi connectivity index (χ4n) is 1.36. The first-order chi connectivity index (χ1) is 11.0. The second-order valence-electron chi connectivity index (χ2n) is 3.75. The van der Waals surface area contributed by atoms with Crippen LogP contribution in [0.2, 0.25) is 0 Å². The Hall–Kier alpha value is -1.81. The molecule has 1 rings (SSSR count). The molecule has 1 heterocycles. The van der Waals surface area contributed by atoms with E-state index in [1.54, 1.807) is 13.8 Å². The zero-order valence-electron chi connectivity index (χ0n) is 12.4.